The van der Waals surface area contributed by atoms with Crippen molar-refractivity contribution in [1.82, 2.24) is 10.2 Å². The maximum absolute atomic E-state index is 13.3. The van der Waals surface area contributed by atoms with Gasteiger partial charge < -0.3 is 15.0 Å². The molecule has 0 spiro atoms. The van der Waals surface area contributed by atoms with E-state index in [0.29, 0.717) is 25.1 Å². The van der Waals surface area contributed by atoms with Gasteiger partial charge in [-0.25, -0.2) is 4.79 Å². The first-order valence-corrected chi connectivity index (χ1v) is 8.54. The highest BCUT2D eigenvalue weighted by Crippen LogP contribution is 2.28. The average Bonchev–Trinajstić information content (AvgIpc) is 2.71. The second-order valence-corrected chi connectivity index (χ2v) is 6.61. The fourth-order valence-corrected chi connectivity index (χ4v) is 2.96. The fraction of sp³-hybridized carbons (Fsp3) is 0.611. The molecule has 140 valence electrons. The maximum Gasteiger partial charge on any atom is 0.393 e. The lowest BCUT2D eigenvalue weighted by Crippen LogP contribution is -2.46. The van der Waals surface area contributed by atoms with E-state index in [2.05, 4.69) is 5.32 Å². The standard InChI is InChI=1S/C18H25F3N2O2/c1-13-8-9-23(12-14(2)25-13)17(24)22-11-16(18(19,20)21)10-15-6-4-3-5-7-15/h3-7,13-14,16H,8-12H2,1-2H3,(H,22,24)/t13-,14+,16?/m1/s1. The summed E-state index contributed by atoms with van der Waals surface area (Å²) >= 11 is 0. The van der Waals surface area contributed by atoms with E-state index < -0.39 is 24.7 Å². The molecule has 1 unspecified atom stereocenters. The number of rotatable bonds is 4. The summed E-state index contributed by atoms with van der Waals surface area (Å²) in [5.41, 5.74) is 0.602. The number of halogens is 3. The van der Waals surface area contributed by atoms with Gasteiger partial charge in [0.2, 0.25) is 0 Å². The Kier molecular flexibility index (Phi) is 6.70. The molecule has 1 saturated heterocycles. The zero-order valence-electron chi connectivity index (χ0n) is 14.6. The van der Waals surface area contributed by atoms with E-state index in [-0.39, 0.29) is 18.6 Å². The lowest BCUT2D eigenvalue weighted by molar-refractivity contribution is -0.172. The van der Waals surface area contributed by atoms with Crippen molar-refractivity contribution in [2.45, 2.75) is 45.1 Å². The number of ether oxygens (including phenoxy) is 1. The van der Waals surface area contributed by atoms with E-state index >= 15 is 0 Å². The van der Waals surface area contributed by atoms with Gasteiger partial charge in [-0.2, -0.15) is 13.2 Å². The maximum atomic E-state index is 13.3. The van der Waals surface area contributed by atoms with Crippen molar-refractivity contribution in [3.05, 3.63) is 35.9 Å². The molecular formula is C18H25F3N2O2. The van der Waals surface area contributed by atoms with E-state index in [9.17, 15) is 18.0 Å². The van der Waals surface area contributed by atoms with Crippen LogP contribution in [-0.2, 0) is 11.2 Å². The molecule has 1 aromatic rings. The van der Waals surface area contributed by atoms with Crippen LogP contribution in [0.5, 0.6) is 0 Å². The van der Waals surface area contributed by atoms with Crippen LogP contribution in [0.15, 0.2) is 30.3 Å². The summed E-state index contributed by atoms with van der Waals surface area (Å²) in [6.45, 7) is 4.21. The molecule has 1 aromatic carbocycles. The molecule has 1 aliphatic rings. The van der Waals surface area contributed by atoms with E-state index in [1.807, 2.05) is 13.8 Å². The Balaban J connectivity index is 1.94. The number of nitrogens with one attached hydrogen (secondary N) is 1. The highest BCUT2D eigenvalue weighted by atomic mass is 19.4. The van der Waals surface area contributed by atoms with E-state index in [4.69, 9.17) is 4.74 Å². The van der Waals surface area contributed by atoms with Crippen molar-refractivity contribution >= 4 is 6.03 Å². The second kappa shape index (κ2) is 8.56. The Morgan fingerprint density at radius 2 is 1.96 bits per heavy atom. The molecule has 0 saturated carbocycles. The molecule has 2 rings (SSSR count). The topological polar surface area (TPSA) is 41.6 Å². The molecule has 25 heavy (non-hydrogen) atoms. The fourth-order valence-electron chi connectivity index (χ4n) is 2.96. The SMILES string of the molecule is C[C@@H]1CCN(C(=O)NCC(Cc2ccccc2)C(F)(F)F)C[C@H](C)O1. The lowest BCUT2D eigenvalue weighted by atomic mass is 9.99. The van der Waals surface area contributed by atoms with Crippen molar-refractivity contribution < 1.29 is 22.7 Å². The minimum Gasteiger partial charge on any atom is -0.374 e. The molecule has 7 heteroatoms. The minimum absolute atomic E-state index is 0.0359. The number of amides is 2. The summed E-state index contributed by atoms with van der Waals surface area (Å²) in [5.74, 6) is -1.61. The Hall–Kier alpha value is -1.76. The smallest absolute Gasteiger partial charge is 0.374 e. The van der Waals surface area contributed by atoms with Crippen LogP contribution in [0, 0.1) is 5.92 Å². The molecule has 0 aliphatic carbocycles. The summed E-state index contributed by atoms with van der Waals surface area (Å²) in [4.78, 5) is 13.8. The molecule has 1 aliphatic heterocycles. The highest BCUT2D eigenvalue weighted by Gasteiger charge is 2.39. The Morgan fingerprint density at radius 1 is 1.28 bits per heavy atom. The summed E-state index contributed by atoms with van der Waals surface area (Å²) in [7, 11) is 0. The first-order valence-electron chi connectivity index (χ1n) is 8.54. The molecule has 0 bridgehead atoms. The lowest BCUT2D eigenvalue weighted by Gasteiger charge is -2.25. The number of benzene rings is 1. The van der Waals surface area contributed by atoms with Crippen molar-refractivity contribution in [1.29, 1.82) is 0 Å². The van der Waals surface area contributed by atoms with Crippen molar-refractivity contribution in [2.24, 2.45) is 5.92 Å². The van der Waals surface area contributed by atoms with E-state index in [1.165, 1.54) is 4.90 Å². The van der Waals surface area contributed by atoms with Crippen LogP contribution in [0.1, 0.15) is 25.8 Å². The molecule has 0 aromatic heterocycles. The molecule has 2 amide bonds. The monoisotopic (exact) mass is 358 g/mol. The van der Waals surface area contributed by atoms with Gasteiger partial charge >= 0.3 is 12.2 Å². The Morgan fingerprint density at radius 3 is 2.60 bits per heavy atom. The Bertz CT molecular complexity index is 551. The predicted molar refractivity (Wildman–Crippen MR) is 89.3 cm³/mol. The van der Waals surface area contributed by atoms with Gasteiger partial charge in [0, 0.05) is 19.6 Å². The van der Waals surface area contributed by atoms with Gasteiger partial charge in [-0.05, 0) is 32.3 Å². The molecule has 1 heterocycles. The van der Waals surface area contributed by atoms with Crippen LogP contribution in [0.2, 0.25) is 0 Å². The molecule has 1 fully saturated rings. The van der Waals surface area contributed by atoms with Gasteiger partial charge in [-0.15, -0.1) is 0 Å². The Labute approximate surface area is 146 Å². The van der Waals surface area contributed by atoms with Gasteiger partial charge in [0.1, 0.15) is 0 Å². The number of carbonyl (C=O) groups is 1. The normalized spacial score (nSPS) is 23.0. The van der Waals surface area contributed by atoms with Crippen LogP contribution >= 0.6 is 0 Å². The molecular weight excluding hydrogens is 333 g/mol. The number of carbonyl (C=O) groups excluding carboxylic acids is 1. The second-order valence-electron chi connectivity index (χ2n) is 6.61. The highest BCUT2D eigenvalue weighted by molar-refractivity contribution is 5.74. The average molecular weight is 358 g/mol. The zero-order valence-corrected chi connectivity index (χ0v) is 14.6. The molecule has 0 radical (unpaired) electrons. The molecule has 4 nitrogen and oxygen atoms in total. The summed E-state index contributed by atoms with van der Waals surface area (Å²) < 4.78 is 45.5. The summed E-state index contributed by atoms with van der Waals surface area (Å²) in [6, 6.07) is 8.04. The van der Waals surface area contributed by atoms with Crippen LogP contribution < -0.4 is 5.32 Å². The van der Waals surface area contributed by atoms with Crippen molar-refractivity contribution in [3.63, 3.8) is 0 Å². The molecule has 3 atom stereocenters. The van der Waals surface area contributed by atoms with Gasteiger partial charge in [-0.1, -0.05) is 30.3 Å². The van der Waals surface area contributed by atoms with E-state index in [1.54, 1.807) is 30.3 Å². The first-order chi connectivity index (χ1) is 11.8. The van der Waals surface area contributed by atoms with Crippen LogP contribution in [0.3, 0.4) is 0 Å². The number of hydrogen-bond donors (Lipinski definition) is 1. The van der Waals surface area contributed by atoms with Crippen LogP contribution in [0.25, 0.3) is 0 Å². The third-order valence-electron chi connectivity index (χ3n) is 4.32. The van der Waals surface area contributed by atoms with Crippen LogP contribution in [0.4, 0.5) is 18.0 Å². The quantitative estimate of drug-likeness (QED) is 0.893. The summed E-state index contributed by atoms with van der Waals surface area (Å²) in [5, 5.41) is 2.45. The largest absolute Gasteiger partial charge is 0.393 e. The van der Waals surface area contributed by atoms with Gasteiger partial charge in [-0.3, -0.25) is 0 Å². The van der Waals surface area contributed by atoms with Crippen molar-refractivity contribution in [2.75, 3.05) is 19.6 Å². The number of nitrogens with zero attached hydrogens (tertiary/aromatic N) is 1. The van der Waals surface area contributed by atoms with Gasteiger partial charge in [0.25, 0.3) is 0 Å². The van der Waals surface area contributed by atoms with Gasteiger partial charge in [0.05, 0.1) is 18.1 Å². The predicted octanol–water partition coefficient (Wildman–Crippen LogP) is 3.62. The molecule has 1 N–H and O–H groups in total. The zero-order chi connectivity index (χ0) is 18.4. The third-order valence-corrected chi connectivity index (χ3v) is 4.32. The number of urea groups is 1. The minimum atomic E-state index is -4.37. The van der Waals surface area contributed by atoms with E-state index in [0.717, 1.165) is 0 Å². The summed E-state index contributed by atoms with van der Waals surface area (Å²) in [6.07, 6.45) is -3.95. The van der Waals surface area contributed by atoms with Crippen LogP contribution in [-0.4, -0.2) is 48.9 Å². The van der Waals surface area contributed by atoms with Crippen molar-refractivity contribution in [3.8, 4) is 0 Å². The third kappa shape index (κ3) is 6.23. The first kappa shape index (κ1) is 19.6. The number of hydrogen-bond acceptors (Lipinski definition) is 2. The number of alkyl halides is 3. The van der Waals surface area contributed by atoms with Gasteiger partial charge in [0.15, 0.2) is 0 Å².